The lowest BCUT2D eigenvalue weighted by atomic mass is 9.98. The Hall–Kier alpha value is -2.02. The van der Waals surface area contributed by atoms with Crippen molar-refractivity contribution in [1.82, 2.24) is 5.32 Å². The SMILES string of the molecule is Cl.NC[C@H]1CC[C@@H](C(=O)NC(Cc2cccc(F)c2)c2cccc(F)c2)O1. The minimum Gasteiger partial charge on any atom is -0.364 e. The molecular formula is C20H23ClF2N2O2. The maximum atomic E-state index is 13.7. The fraction of sp³-hybridized carbons (Fsp3) is 0.350. The largest absolute Gasteiger partial charge is 0.364 e. The number of carbonyl (C=O) groups is 1. The number of benzene rings is 2. The maximum absolute atomic E-state index is 13.7. The monoisotopic (exact) mass is 396 g/mol. The normalized spacial score (nSPS) is 20.0. The second-order valence-corrected chi connectivity index (χ2v) is 6.51. The van der Waals surface area contributed by atoms with Crippen molar-refractivity contribution in [2.45, 2.75) is 37.5 Å². The summed E-state index contributed by atoms with van der Waals surface area (Å²) in [6.45, 7) is 0.375. The van der Waals surface area contributed by atoms with Gasteiger partial charge in [-0.25, -0.2) is 8.78 Å². The van der Waals surface area contributed by atoms with Gasteiger partial charge in [-0.05, 0) is 54.7 Å². The minimum absolute atomic E-state index is 0. The van der Waals surface area contributed by atoms with Crippen LogP contribution in [0.4, 0.5) is 8.78 Å². The third kappa shape index (κ3) is 5.73. The number of nitrogens with two attached hydrogens (primary N) is 1. The molecule has 3 N–H and O–H groups in total. The van der Waals surface area contributed by atoms with Crippen LogP contribution >= 0.6 is 12.4 Å². The summed E-state index contributed by atoms with van der Waals surface area (Å²) in [4.78, 5) is 12.6. The van der Waals surface area contributed by atoms with Gasteiger partial charge >= 0.3 is 0 Å². The summed E-state index contributed by atoms with van der Waals surface area (Å²) in [5.74, 6) is -0.996. The molecule has 1 saturated heterocycles. The Balaban J connectivity index is 0.00000261. The molecule has 3 rings (SSSR count). The van der Waals surface area contributed by atoms with Gasteiger partial charge in [-0.3, -0.25) is 4.79 Å². The molecule has 2 aromatic carbocycles. The number of hydrogen-bond donors (Lipinski definition) is 2. The Bertz CT molecular complexity index is 775. The van der Waals surface area contributed by atoms with E-state index in [1.165, 1.54) is 24.3 Å². The van der Waals surface area contributed by atoms with Gasteiger partial charge in [0.2, 0.25) is 5.91 Å². The summed E-state index contributed by atoms with van der Waals surface area (Å²) in [6.07, 6.45) is 1.01. The smallest absolute Gasteiger partial charge is 0.249 e. The van der Waals surface area contributed by atoms with Crippen molar-refractivity contribution in [2.24, 2.45) is 5.73 Å². The zero-order chi connectivity index (χ0) is 18.5. The van der Waals surface area contributed by atoms with Gasteiger partial charge in [-0.2, -0.15) is 0 Å². The average molecular weight is 397 g/mol. The van der Waals surface area contributed by atoms with Gasteiger partial charge in [0.05, 0.1) is 12.1 Å². The van der Waals surface area contributed by atoms with Crippen molar-refractivity contribution in [1.29, 1.82) is 0 Å². The number of nitrogens with one attached hydrogen (secondary N) is 1. The molecule has 0 radical (unpaired) electrons. The molecule has 7 heteroatoms. The van der Waals surface area contributed by atoms with E-state index in [9.17, 15) is 13.6 Å². The van der Waals surface area contributed by atoms with Gasteiger partial charge < -0.3 is 15.8 Å². The number of halogens is 3. The Morgan fingerprint density at radius 2 is 1.85 bits per heavy atom. The minimum atomic E-state index is -0.563. The van der Waals surface area contributed by atoms with Crippen molar-refractivity contribution in [3.05, 3.63) is 71.3 Å². The summed E-state index contributed by atoms with van der Waals surface area (Å²) >= 11 is 0. The third-order valence-electron chi connectivity index (χ3n) is 4.56. The van der Waals surface area contributed by atoms with Gasteiger partial charge in [-0.1, -0.05) is 24.3 Å². The van der Waals surface area contributed by atoms with Crippen LogP contribution in [-0.2, 0) is 16.0 Å². The lowest BCUT2D eigenvalue weighted by Gasteiger charge is -2.22. The quantitative estimate of drug-likeness (QED) is 0.787. The Morgan fingerprint density at radius 3 is 2.48 bits per heavy atom. The molecule has 0 spiro atoms. The van der Waals surface area contributed by atoms with E-state index in [0.29, 0.717) is 30.5 Å². The van der Waals surface area contributed by atoms with Crippen LogP contribution in [0.3, 0.4) is 0 Å². The fourth-order valence-electron chi connectivity index (χ4n) is 3.21. The standard InChI is InChI=1S/C20H22F2N2O2.ClH/c21-15-5-1-3-13(9-15)10-18(14-4-2-6-16(22)11-14)24-20(25)19-8-7-17(12-23)26-19;/h1-6,9,11,17-19H,7-8,10,12,23H2,(H,24,25);1H/t17-,18?,19+;/m1./s1. The van der Waals surface area contributed by atoms with Crippen molar-refractivity contribution in [2.75, 3.05) is 6.54 Å². The molecule has 0 saturated carbocycles. The molecule has 27 heavy (non-hydrogen) atoms. The first-order valence-corrected chi connectivity index (χ1v) is 8.71. The Labute approximate surface area is 163 Å². The van der Waals surface area contributed by atoms with E-state index in [2.05, 4.69) is 5.32 Å². The van der Waals surface area contributed by atoms with E-state index < -0.39 is 12.1 Å². The molecule has 0 aromatic heterocycles. The highest BCUT2D eigenvalue weighted by atomic mass is 35.5. The molecule has 1 aliphatic rings. The first kappa shape index (κ1) is 21.3. The molecule has 4 nitrogen and oxygen atoms in total. The summed E-state index contributed by atoms with van der Waals surface area (Å²) in [5.41, 5.74) is 6.92. The fourth-order valence-corrected chi connectivity index (χ4v) is 3.21. The molecule has 0 aliphatic carbocycles. The molecule has 1 unspecified atom stereocenters. The number of ether oxygens (including phenoxy) is 1. The van der Waals surface area contributed by atoms with Gasteiger partial charge in [0.15, 0.2) is 0 Å². The number of carbonyl (C=O) groups excluding carboxylic acids is 1. The van der Waals surface area contributed by atoms with E-state index >= 15 is 0 Å². The second-order valence-electron chi connectivity index (χ2n) is 6.51. The van der Waals surface area contributed by atoms with Crippen molar-refractivity contribution >= 4 is 18.3 Å². The van der Waals surface area contributed by atoms with E-state index in [1.54, 1.807) is 24.3 Å². The van der Waals surface area contributed by atoms with Crippen LogP contribution in [0.25, 0.3) is 0 Å². The van der Waals surface area contributed by atoms with Crippen molar-refractivity contribution in [3.8, 4) is 0 Å². The molecule has 0 bridgehead atoms. The van der Waals surface area contributed by atoms with Crippen LogP contribution in [0.5, 0.6) is 0 Å². The molecule has 1 heterocycles. The van der Waals surface area contributed by atoms with Gasteiger partial charge in [0.25, 0.3) is 0 Å². The molecule has 1 fully saturated rings. The lowest BCUT2D eigenvalue weighted by molar-refractivity contribution is -0.132. The molecule has 3 atom stereocenters. The zero-order valence-corrected chi connectivity index (χ0v) is 15.6. The maximum Gasteiger partial charge on any atom is 0.249 e. The first-order chi connectivity index (χ1) is 12.5. The van der Waals surface area contributed by atoms with E-state index in [0.717, 1.165) is 6.42 Å². The highest BCUT2D eigenvalue weighted by molar-refractivity contribution is 5.85. The van der Waals surface area contributed by atoms with E-state index in [-0.39, 0.29) is 36.1 Å². The summed E-state index contributed by atoms with van der Waals surface area (Å²) < 4.78 is 32.8. The van der Waals surface area contributed by atoms with Gasteiger partial charge in [0.1, 0.15) is 17.7 Å². The number of amides is 1. The van der Waals surface area contributed by atoms with Crippen LogP contribution in [-0.4, -0.2) is 24.7 Å². The molecule has 146 valence electrons. The van der Waals surface area contributed by atoms with Crippen LogP contribution in [0, 0.1) is 11.6 Å². The molecule has 2 aromatic rings. The van der Waals surface area contributed by atoms with Crippen LogP contribution in [0.15, 0.2) is 48.5 Å². The zero-order valence-electron chi connectivity index (χ0n) is 14.7. The topological polar surface area (TPSA) is 64.4 Å². The third-order valence-corrected chi connectivity index (χ3v) is 4.56. The van der Waals surface area contributed by atoms with Crippen LogP contribution in [0.2, 0.25) is 0 Å². The summed E-state index contributed by atoms with van der Waals surface area (Å²) in [7, 11) is 0. The predicted octanol–water partition coefficient (Wildman–Crippen LogP) is 3.29. The summed E-state index contributed by atoms with van der Waals surface area (Å²) in [6, 6.07) is 11.7. The van der Waals surface area contributed by atoms with E-state index in [4.69, 9.17) is 10.5 Å². The average Bonchev–Trinajstić information content (AvgIpc) is 3.10. The first-order valence-electron chi connectivity index (χ1n) is 8.71. The van der Waals surface area contributed by atoms with Gasteiger partial charge in [-0.15, -0.1) is 12.4 Å². The Morgan fingerprint density at radius 1 is 1.15 bits per heavy atom. The van der Waals surface area contributed by atoms with Crippen molar-refractivity contribution in [3.63, 3.8) is 0 Å². The predicted molar refractivity (Wildman–Crippen MR) is 102 cm³/mol. The Kier molecular flexibility index (Phi) is 7.71. The molecule has 1 amide bonds. The number of hydrogen-bond acceptors (Lipinski definition) is 3. The summed E-state index contributed by atoms with van der Waals surface area (Å²) in [5, 5.41) is 2.92. The highest BCUT2D eigenvalue weighted by Crippen LogP contribution is 2.23. The van der Waals surface area contributed by atoms with Crippen LogP contribution < -0.4 is 11.1 Å². The van der Waals surface area contributed by atoms with Gasteiger partial charge in [0, 0.05) is 6.54 Å². The van der Waals surface area contributed by atoms with Crippen molar-refractivity contribution < 1.29 is 18.3 Å². The second kappa shape index (κ2) is 9.78. The molecule has 1 aliphatic heterocycles. The van der Waals surface area contributed by atoms with E-state index in [1.807, 2.05) is 0 Å². The highest BCUT2D eigenvalue weighted by Gasteiger charge is 2.31. The lowest BCUT2D eigenvalue weighted by Crippen LogP contribution is -2.38. The number of rotatable bonds is 6. The molecular weight excluding hydrogens is 374 g/mol. The van der Waals surface area contributed by atoms with Crippen LogP contribution in [0.1, 0.15) is 30.0 Å².